The molecule has 0 aliphatic carbocycles. The number of hydrogen-bond donors (Lipinski definition) is 1. The molecule has 0 unspecified atom stereocenters. The number of halogens is 1. The van der Waals surface area contributed by atoms with Crippen molar-refractivity contribution in [2.75, 3.05) is 5.32 Å². The fraction of sp³-hybridized carbons (Fsp3) is 0. The predicted molar refractivity (Wildman–Crippen MR) is 113 cm³/mol. The van der Waals surface area contributed by atoms with Crippen LogP contribution in [0.25, 0.3) is 5.82 Å². The van der Waals surface area contributed by atoms with Crippen LogP contribution in [0.5, 0.6) is 0 Å². The van der Waals surface area contributed by atoms with Crippen LogP contribution in [0.3, 0.4) is 0 Å². The van der Waals surface area contributed by atoms with Gasteiger partial charge in [0, 0.05) is 34.3 Å². The molecule has 2 aromatic carbocycles. The van der Waals surface area contributed by atoms with E-state index in [1.54, 1.807) is 53.5 Å². The second-order valence-electron chi connectivity index (χ2n) is 6.28. The first-order chi connectivity index (χ1) is 15.0. The summed E-state index contributed by atoms with van der Waals surface area (Å²) in [6, 6.07) is 15.1. The summed E-state index contributed by atoms with van der Waals surface area (Å²) in [5.74, 6) is -0.457. The summed E-state index contributed by atoms with van der Waals surface area (Å²) < 4.78 is 15.6. The molecule has 0 spiro atoms. The van der Waals surface area contributed by atoms with Gasteiger partial charge in [0.05, 0.1) is 22.4 Å². The highest BCUT2D eigenvalue weighted by Gasteiger charge is 2.19. The van der Waals surface area contributed by atoms with Crippen LogP contribution in [-0.4, -0.2) is 25.6 Å². The number of nitrogens with zero attached hydrogens (tertiary/aromatic N) is 4. The van der Waals surface area contributed by atoms with Gasteiger partial charge in [-0.1, -0.05) is 23.9 Å². The molecule has 31 heavy (non-hydrogen) atoms. The lowest BCUT2D eigenvalue weighted by atomic mass is 10.2. The second kappa shape index (κ2) is 8.76. The minimum absolute atomic E-state index is 0.0543. The number of anilines is 1. The maximum absolute atomic E-state index is 14.1. The molecule has 0 bridgehead atoms. The van der Waals surface area contributed by atoms with Crippen LogP contribution in [0.1, 0.15) is 10.4 Å². The largest absolute Gasteiger partial charge is 0.321 e. The second-order valence-corrected chi connectivity index (χ2v) is 7.36. The van der Waals surface area contributed by atoms with Crippen molar-refractivity contribution in [3.63, 3.8) is 0 Å². The summed E-state index contributed by atoms with van der Waals surface area (Å²) in [6.07, 6.45) is 4.81. The molecule has 0 saturated carbocycles. The number of benzene rings is 2. The number of nitrogens with one attached hydrogen (secondary N) is 1. The number of pyridine rings is 1. The van der Waals surface area contributed by atoms with E-state index in [1.165, 1.54) is 30.5 Å². The molecule has 0 aliphatic heterocycles. The van der Waals surface area contributed by atoms with E-state index in [2.05, 4.69) is 15.4 Å². The normalized spacial score (nSPS) is 10.6. The van der Waals surface area contributed by atoms with E-state index in [1.807, 2.05) is 0 Å². The molecule has 4 rings (SSSR count). The summed E-state index contributed by atoms with van der Waals surface area (Å²) in [6.45, 7) is 0. The summed E-state index contributed by atoms with van der Waals surface area (Å²) in [7, 11) is 0. The third-order valence-electron chi connectivity index (χ3n) is 4.22. The Morgan fingerprint density at radius 3 is 2.61 bits per heavy atom. The number of carbonyl (C=O) groups excluding carboxylic acids is 1. The number of nitro benzene ring substituents is 1. The quantitative estimate of drug-likeness (QED) is 0.347. The molecule has 0 fully saturated rings. The van der Waals surface area contributed by atoms with Crippen molar-refractivity contribution >= 4 is 29.0 Å². The fourth-order valence-corrected chi connectivity index (χ4v) is 3.69. The summed E-state index contributed by atoms with van der Waals surface area (Å²) in [4.78, 5) is 28.4. The first-order valence-electron chi connectivity index (χ1n) is 8.99. The Morgan fingerprint density at radius 1 is 1.10 bits per heavy atom. The highest BCUT2D eigenvalue weighted by molar-refractivity contribution is 7.99. The molecule has 0 saturated heterocycles. The zero-order valence-electron chi connectivity index (χ0n) is 15.8. The SMILES string of the molecule is O=C(Nc1ccc(-n2cccn2)nc1)c1cc([N+](=O)[O-])ccc1Sc1ccccc1F. The highest BCUT2D eigenvalue weighted by atomic mass is 32.2. The minimum Gasteiger partial charge on any atom is -0.321 e. The molecule has 1 amide bonds. The number of amides is 1. The van der Waals surface area contributed by atoms with Gasteiger partial charge in [0.1, 0.15) is 5.82 Å². The maximum atomic E-state index is 14.1. The van der Waals surface area contributed by atoms with Gasteiger partial charge in [-0.25, -0.2) is 14.1 Å². The van der Waals surface area contributed by atoms with E-state index < -0.39 is 16.6 Å². The van der Waals surface area contributed by atoms with Gasteiger partial charge in [-0.2, -0.15) is 5.10 Å². The van der Waals surface area contributed by atoms with Gasteiger partial charge in [0.2, 0.25) is 0 Å². The topological polar surface area (TPSA) is 103 Å². The summed E-state index contributed by atoms with van der Waals surface area (Å²) in [5.41, 5.74) is 0.211. The van der Waals surface area contributed by atoms with Crippen molar-refractivity contribution in [3.8, 4) is 5.82 Å². The molecule has 8 nitrogen and oxygen atoms in total. The number of aromatic nitrogens is 3. The van der Waals surface area contributed by atoms with Gasteiger partial charge < -0.3 is 5.32 Å². The lowest BCUT2D eigenvalue weighted by Gasteiger charge is -2.11. The Kier molecular flexibility index (Phi) is 5.72. The van der Waals surface area contributed by atoms with Gasteiger partial charge in [0.25, 0.3) is 11.6 Å². The Morgan fingerprint density at radius 2 is 1.94 bits per heavy atom. The molecule has 10 heteroatoms. The van der Waals surface area contributed by atoms with E-state index >= 15 is 0 Å². The number of rotatable bonds is 6. The van der Waals surface area contributed by atoms with Crippen LogP contribution >= 0.6 is 11.8 Å². The lowest BCUT2D eigenvalue weighted by molar-refractivity contribution is -0.384. The first kappa shape index (κ1) is 20.2. The highest BCUT2D eigenvalue weighted by Crippen LogP contribution is 2.34. The van der Waals surface area contributed by atoms with E-state index in [-0.39, 0.29) is 11.3 Å². The number of carbonyl (C=O) groups is 1. The van der Waals surface area contributed by atoms with Crippen LogP contribution in [0.4, 0.5) is 15.8 Å². The predicted octanol–water partition coefficient (Wildman–Crippen LogP) is 4.72. The van der Waals surface area contributed by atoms with Gasteiger partial charge in [0.15, 0.2) is 5.82 Å². The molecule has 2 heterocycles. The Labute approximate surface area is 179 Å². The zero-order chi connectivity index (χ0) is 21.8. The Balaban J connectivity index is 1.62. The molecule has 154 valence electrons. The average Bonchev–Trinajstić information content (AvgIpc) is 3.31. The molecule has 2 aromatic heterocycles. The van der Waals surface area contributed by atoms with E-state index in [0.29, 0.717) is 21.3 Å². The summed E-state index contributed by atoms with van der Waals surface area (Å²) >= 11 is 1.02. The standard InChI is InChI=1S/C21H14FN5O3S/c22-17-4-1-2-5-19(17)31-18-8-7-15(27(29)30)12-16(18)21(28)25-14-6-9-20(23-13-14)26-11-3-10-24-26/h1-13H,(H,25,28). The van der Waals surface area contributed by atoms with Crippen LogP contribution in [0, 0.1) is 15.9 Å². The van der Waals surface area contributed by atoms with Crippen LogP contribution in [-0.2, 0) is 0 Å². The van der Waals surface area contributed by atoms with Crippen molar-refractivity contribution < 1.29 is 14.1 Å². The van der Waals surface area contributed by atoms with Crippen molar-refractivity contribution in [3.05, 3.63) is 101 Å². The first-order valence-corrected chi connectivity index (χ1v) is 9.81. The van der Waals surface area contributed by atoms with E-state index in [0.717, 1.165) is 11.8 Å². The smallest absolute Gasteiger partial charge is 0.270 e. The molecular weight excluding hydrogens is 421 g/mol. The monoisotopic (exact) mass is 435 g/mol. The van der Waals surface area contributed by atoms with Crippen LogP contribution in [0.15, 0.2) is 89.0 Å². The minimum atomic E-state index is -0.589. The molecule has 0 atom stereocenters. The third kappa shape index (κ3) is 4.59. The van der Waals surface area contributed by atoms with Crippen molar-refractivity contribution in [1.29, 1.82) is 0 Å². The van der Waals surface area contributed by atoms with Crippen LogP contribution in [0.2, 0.25) is 0 Å². The maximum Gasteiger partial charge on any atom is 0.270 e. The number of non-ortho nitro benzene ring substituents is 1. The average molecular weight is 435 g/mol. The van der Waals surface area contributed by atoms with Crippen molar-refractivity contribution in [1.82, 2.24) is 14.8 Å². The van der Waals surface area contributed by atoms with E-state index in [9.17, 15) is 19.3 Å². The molecular formula is C21H14FN5O3S. The molecule has 0 radical (unpaired) electrons. The lowest BCUT2D eigenvalue weighted by Crippen LogP contribution is -2.14. The van der Waals surface area contributed by atoms with E-state index in [4.69, 9.17) is 0 Å². The fourth-order valence-electron chi connectivity index (χ4n) is 2.74. The van der Waals surface area contributed by atoms with Gasteiger partial charge in [-0.3, -0.25) is 14.9 Å². The van der Waals surface area contributed by atoms with Crippen molar-refractivity contribution in [2.24, 2.45) is 0 Å². The molecule has 1 N–H and O–H groups in total. The van der Waals surface area contributed by atoms with Crippen molar-refractivity contribution in [2.45, 2.75) is 9.79 Å². The van der Waals surface area contributed by atoms with Gasteiger partial charge >= 0.3 is 0 Å². The number of hydrogen-bond acceptors (Lipinski definition) is 6. The van der Waals surface area contributed by atoms with Crippen LogP contribution < -0.4 is 5.32 Å². The number of nitro groups is 1. The molecule has 0 aliphatic rings. The van der Waals surface area contributed by atoms with Gasteiger partial charge in [-0.15, -0.1) is 0 Å². The Hall–Kier alpha value is -4.05. The summed E-state index contributed by atoms with van der Waals surface area (Å²) in [5, 5.41) is 18.0. The zero-order valence-corrected chi connectivity index (χ0v) is 16.6. The van der Waals surface area contributed by atoms with Gasteiger partial charge in [-0.05, 0) is 36.4 Å². The molecule has 4 aromatic rings. The third-order valence-corrected chi connectivity index (χ3v) is 5.35. The Bertz CT molecular complexity index is 1250.